The molecule has 9 atom stereocenters. The van der Waals surface area contributed by atoms with Crippen molar-refractivity contribution in [3.8, 4) is 0 Å². The van der Waals surface area contributed by atoms with Crippen LogP contribution < -0.4 is 37.6 Å². The molecule has 0 spiro atoms. The number of H-pyrrole nitrogens is 1. The quantitative estimate of drug-likeness (QED) is 0.0586. The molecule has 0 aliphatic heterocycles. The molecule has 1 aromatic heterocycles. The van der Waals surface area contributed by atoms with Crippen LogP contribution in [-0.4, -0.2) is 122 Å². The second-order valence-corrected chi connectivity index (χ2v) is 16.3. The molecule has 19 nitrogen and oxygen atoms in total. The van der Waals surface area contributed by atoms with Gasteiger partial charge in [0.2, 0.25) is 35.4 Å². The number of para-hydroxylation sites is 1. The number of thiol groups is 1. The van der Waals surface area contributed by atoms with Gasteiger partial charge in [0.15, 0.2) is 0 Å². The highest BCUT2D eigenvalue weighted by Crippen LogP contribution is 2.20. The molecule has 20 heteroatoms. The summed E-state index contributed by atoms with van der Waals surface area (Å²) in [5, 5.41) is 45.3. The number of aliphatic hydroxyl groups is 1. The van der Waals surface area contributed by atoms with Crippen molar-refractivity contribution in [3.05, 3.63) is 36.0 Å². The fourth-order valence-electron chi connectivity index (χ4n) is 6.29. The zero-order valence-corrected chi connectivity index (χ0v) is 36.0. The average Bonchev–Trinajstić information content (AvgIpc) is 3.58. The SMILES string of the molecule is CCC(C)C(NC(=O)C(CS)NC(=O)C(NC(=O)C(Cc1c[nH]c2ccccc12)NC(=O)C(N)CC(=O)O)C(C)O)C(=O)NC(CC(C)C)C(=O)NC(CC(C)C)C(=O)O. The van der Waals surface area contributed by atoms with E-state index in [0.717, 1.165) is 10.9 Å². The average molecular weight is 863 g/mol. The summed E-state index contributed by atoms with van der Waals surface area (Å²) < 4.78 is 0. The van der Waals surface area contributed by atoms with Crippen molar-refractivity contribution in [1.82, 2.24) is 36.9 Å². The molecule has 0 aliphatic carbocycles. The number of aromatic nitrogens is 1. The Morgan fingerprint density at radius 2 is 1.18 bits per heavy atom. The number of carboxylic acids is 2. The fraction of sp³-hybridized carbons (Fsp3) is 0.600. The van der Waals surface area contributed by atoms with Crippen molar-refractivity contribution < 1.29 is 53.7 Å². The van der Waals surface area contributed by atoms with Crippen LogP contribution in [0.3, 0.4) is 0 Å². The summed E-state index contributed by atoms with van der Waals surface area (Å²) in [5.41, 5.74) is 7.09. The van der Waals surface area contributed by atoms with Gasteiger partial charge in [0.25, 0.3) is 0 Å². The van der Waals surface area contributed by atoms with E-state index in [1.807, 2.05) is 27.7 Å². The molecule has 334 valence electrons. The zero-order chi connectivity index (χ0) is 45.4. The predicted molar refractivity (Wildman–Crippen MR) is 225 cm³/mol. The first-order valence-electron chi connectivity index (χ1n) is 20.0. The molecule has 2 aromatic rings. The number of nitrogens with two attached hydrogens (primary N) is 1. The lowest BCUT2D eigenvalue weighted by atomic mass is 9.96. The number of aromatic amines is 1. The van der Waals surface area contributed by atoms with Crippen molar-refractivity contribution in [2.75, 3.05) is 5.75 Å². The van der Waals surface area contributed by atoms with Crippen molar-refractivity contribution in [1.29, 1.82) is 0 Å². The predicted octanol–water partition coefficient (Wildman–Crippen LogP) is -0.0453. The van der Waals surface area contributed by atoms with Gasteiger partial charge < -0.3 is 57.9 Å². The Labute approximate surface area is 354 Å². The monoisotopic (exact) mass is 862 g/mol. The van der Waals surface area contributed by atoms with E-state index < -0.39 is 108 Å². The Bertz CT molecular complexity index is 1820. The largest absolute Gasteiger partial charge is 0.481 e. The third-order valence-electron chi connectivity index (χ3n) is 9.80. The number of carbonyl (C=O) groups excluding carboxylic acids is 6. The van der Waals surface area contributed by atoms with E-state index in [9.17, 15) is 48.6 Å². The smallest absolute Gasteiger partial charge is 0.326 e. The zero-order valence-electron chi connectivity index (χ0n) is 35.1. The number of fused-ring (bicyclic) bond motifs is 1. The number of hydrogen-bond acceptors (Lipinski definition) is 11. The van der Waals surface area contributed by atoms with Crippen LogP contribution in [0.5, 0.6) is 0 Å². The van der Waals surface area contributed by atoms with E-state index >= 15 is 0 Å². The minimum atomic E-state index is -1.68. The van der Waals surface area contributed by atoms with Crippen LogP contribution in [0.15, 0.2) is 30.5 Å². The molecule has 1 aromatic carbocycles. The summed E-state index contributed by atoms with van der Waals surface area (Å²) in [6.07, 6.45) is -0.0440. The molecule has 0 fully saturated rings. The number of aliphatic carboxylic acids is 2. The van der Waals surface area contributed by atoms with Gasteiger partial charge in [0, 0.05) is 29.3 Å². The molecule has 9 unspecified atom stereocenters. The molecule has 0 saturated carbocycles. The van der Waals surface area contributed by atoms with Gasteiger partial charge in [-0.25, -0.2) is 4.79 Å². The number of hydrogen-bond donors (Lipinski definition) is 12. The maximum Gasteiger partial charge on any atom is 0.326 e. The second-order valence-electron chi connectivity index (χ2n) is 15.9. The van der Waals surface area contributed by atoms with Gasteiger partial charge in [-0.3, -0.25) is 33.6 Å². The van der Waals surface area contributed by atoms with Crippen LogP contribution in [0, 0.1) is 17.8 Å². The van der Waals surface area contributed by atoms with Gasteiger partial charge in [-0.15, -0.1) is 0 Å². The Hall–Kier alpha value is -5.21. The van der Waals surface area contributed by atoms with E-state index in [1.54, 1.807) is 44.3 Å². The summed E-state index contributed by atoms with van der Waals surface area (Å²) >= 11 is 4.22. The number of amides is 6. The Kier molecular flexibility index (Phi) is 20.5. The summed E-state index contributed by atoms with van der Waals surface area (Å²) in [7, 11) is 0. The number of benzene rings is 1. The lowest BCUT2D eigenvalue weighted by Crippen LogP contribution is -2.62. The molecule has 2 rings (SSSR count). The van der Waals surface area contributed by atoms with Gasteiger partial charge in [-0.2, -0.15) is 12.6 Å². The minimum absolute atomic E-state index is 0.0427. The van der Waals surface area contributed by atoms with Crippen molar-refractivity contribution in [2.24, 2.45) is 23.5 Å². The van der Waals surface area contributed by atoms with E-state index in [4.69, 9.17) is 10.8 Å². The summed E-state index contributed by atoms with van der Waals surface area (Å²) in [6.45, 7) is 12.0. The molecule has 0 radical (unpaired) electrons. The first kappa shape index (κ1) is 50.9. The third-order valence-corrected chi connectivity index (χ3v) is 10.2. The normalized spacial score (nSPS) is 15.9. The Morgan fingerprint density at radius 1 is 0.683 bits per heavy atom. The van der Waals surface area contributed by atoms with Crippen molar-refractivity contribution in [2.45, 2.75) is 129 Å². The second kappa shape index (κ2) is 24.1. The number of carboxylic acid groups (broad SMARTS) is 2. The third kappa shape index (κ3) is 15.8. The van der Waals surface area contributed by atoms with Gasteiger partial charge >= 0.3 is 11.9 Å². The number of aliphatic hydroxyl groups excluding tert-OH is 1. The van der Waals surface area contributed by atoms with Crippen LogP contribution in [0.1, 0.15) is 79.7 Å². The topological polar surface area (TPSA) is 311 Å². The lowest BCUT2D eigenvalue weighted by Gasteiger charge is -2.30. The maximum absolute atomic E-state index is 13.8. The first-order valence-corrected chi connectivity index (χ1v) is 20.6. The standard InChI is InChI=1S/C40H62N8O11S/c1-8-21(6)32(38(56)44-27(13-19(2)3)35(53)45-29(40(58)59)14-20(4)5)47-37(55)30(18-60)46-39(57)33(22(7)49)48-36(54)28(43-34(52)25(41)16-31(50)51)15-23-17-42-26-12-10-9-11-24(23)26/h9-12,17,19-22,25,27-30,32-33,42,49,60H,8,13-16,18,41H2,1-7H3,(H,43,52)(H,44,56)(H,45,53)(H,46,57)(H,47,55)(H,48,54)(H,50,51)(H,58,59). The molecular weight excluding hydrogens is 801 g/mol. The van der Waals surface area contributed by atoms with E-state index in [1.165, 1.54) is 6.92 Å². The molecular formula is C40H62N8O11S. The highest BCUT2D eigenvalue weighted by molar-refractivity contribution is 7.80. The summed E-state index contributed by atoms with van der Waals surface area (Å²) in [5.74, 6) is -8.64. The number of nitrogens with one attached hydrogen (secondary N) is 7. The van der Waals surface area contributed by atoms with Gasteiger partial charge in [-0.1, -0.05) is 66.2 Å². The molecule has 12 N–H and O–H groups in total. The maximum atomic E-state index is 13.8. The summed E-state index contributed by atoms with van der Waals surface area (Å²) in [4.78, 5) is 107. The molecule has 0 aliphatic rings. The molecule has 0 saturated heterocycles. The van der Waals surface area contributed by atoms with Crippen LogP contribution >= 0.6 is 12.6 Å². The highest BCUT2D eigenvalue weighted by atomic mass is 32.1. The van der Waals surface area contributed by atoms with Crippen LogP contribution in [0.4, 0.5) is 0 Å². The number of carbonyl (C=O) groups is 8. The minimum Gasteiger partial charge on any atom is -0.481 e. The fourth-order valence-corrected chi connectivity index (χ4v) is 6.55. The number of rotatable bonds is 25. The molecule has 60 heavy (non-hydrogen) atoms. The highest BCUT2D eigenvalue weighted by Gasteiger charge is 2.36. The Morgan fingerprint density at radius 3 is 1.73 bits per heavy atom. The van der Waals surface area contributed by atoms with E-state index in [-0.39, 0.29) is 36.9 Å². The molecule has 1 heterocycles. The van der Waals surface area contributed by atoms with Crippen LogP contribution in [0.25, 0.3) is 10.9 Å². The van der Waals surface area contributed by atoms with E-state index in [0.29, 0.717) is 12.0 Å². The summed E-state index contributed by atoms with van der Waals surface area (Å²) in [6, 6.07) is -2.40. The molecule has 0 bridgehead atoms. The Balaban J connectivity index is 2.30. The first-order chi connectivity index (χ1) is 28.1. The van der Waals surface area contributed by atoms with Crippen molar-refractivity contribution >= 4 is 70.9 Å². The molecule has 6 amide bonds. The van der Waals surface area contributed by atoms with Gasteiger partial charge in [0.05, 0.1) is 18.6 Å². The van der Waals surface area contributed by atoms with Crippen LogP contribution in [-0.2, 0) is 44.8 Å². The van der Waals surface area contributed by atoms with Gasteiger partial charge in [-0.05, 0) is 49.1 Å². The lowest BCUT2D eigenvalue weighted by molar-refractivity contribution is -0.143. The van der Waals surface area contributed by atoms with Crippen molar-refractivity contribution in [3.63, 3.8) is 0 Å². The van der Waals surface area contributed by atoms with Crippen LogP contribution in [0.2, 0.25) is 0 Å². The van der Waals surface area contributed by atoms with E-state index in [2.05, 4.69) is 49.5 Å². The van der Waals surface area contributed by atoms with Gasteiger partial charge in [0.1, 0.15) is 36.3 Å².